The van der Waals surface area contributed by atoms with Crippen molar-refractivity contribution in [1.29, 1.82) is 0 Å². The van der Waals surface area contributed by atoms with Gasteiger partial charge in [-0.15, -0.1) is 11.3 Å². The highest BCUT2D eigenvalue weighted by Crippen LogP contribution is 2.35. The van der Waals surface area contributed by atoms with Crippen molar-refractivity contribution in [2.24, 2.45) is 0 Å². The van der Waals surface area contributed by atoms with E-state index in [2.05, 4.69) is 10.3 Å². The predicted octanol–water partition coefficient (Wildman–Crippen LogP) is 4.92. The number of nitrogens with one attached hydrogen (secondary N) is 1. The van der Waals surface area contributed by atoms with E-state index in [4.69, 9.17) is 9.47 Å². The summed E-state index contributed by atoms with van der Waals surface area (Å²) in [6, 6.07) is 13.3. The van der Waals surface area contributed by atoms with Crippen LogP contribution in [0.25, 0.3) is 11.3 Å². The van der Waals surface area contributed by atoms with Gasteiger partial charge in [-0.1, -0.05) is 0 Å². The average molecular weight is 366 g/mol. The first kappa shape index (κ1) is 16.6. The Morgan fingerprint density at radius 3 is 2.62 bits per heavy atom. The second-order valence-corrected chi connectivity index (χ2v) is 6.87. The number of aromatic nitrogens is 1. The van der Waals surface area contributed by atoms with E-state index in [1.165, 1.54) is 11.3 Å². The molecular formula is C20H18N2O3S. The van der Waals surface area contributed by atoms with E-state index in [1.54, 1.807) is 6.92 Å². The molecule has 2 aromatic carbocycles. The molecule has 0 aliphatic carbocycles. The van der Waals surface area contributed by atoms with Gasteiger partial charge < -0.3 is 14.8 Å². The predicted molar refractivity (Wildman–Crippen MR) is 103 cm³/mol. The van der Waals surface area contributed by atoms with Gasteiger partial charge >= 0.3 is 0 Å². The highest BCUT2D eigenvalue weighted by atomic mass is 32.1. The Morgan fingerprint density at radius 2 is 1.85 bits per heavy atom. The van der Waals surface area contributed by atoms with Gasteiger partial charge in [0.05, 0.1) is 18.9 Å². The second-order valence-electron chi connectivity index (χ2n) is 6.01. The maximum absolute atomic E-state index is 11.3. The minimum atomic E-state index is 0.0579. The normalized spacial score (nSPS) is 13.1. The lowest BCUT2D eigenvalue weighted by molar-refractivity contribution is 0.101. The first-order valence-electron chi connectivity index (χ1n) is 8.42. The molecule has 1 aliphatic heterocycles. The van der Waals surface area contributed by atoms with Crippen LogP contribution < -0.4 is 14.8 Å². The third kappa shape index (κ3) is 3.55. The summed E-state index contributed by atoms with van der Waals surface area (Å²) in [5.41, 5.74) is 3.47. The van der Waals surface area contributed by atoms with Crippen molar-refractivity contribution in [3.8, 4) is 22.8 Å². The summed E-state index contributed by atoms with van der Waals surface area (Å²) in [6.45, 7) is 2.90. The summed E-state index contributed by atoms with van der Waals surface area (Å²) in [5, 5.41) is 6.07. The number of Topliss-reactive ketones (excluding diaryl/α,β-unsaturated/α-hetero) is 1. The van der Waals surface area contributed by atoms with E-state index < -0.39 is 0 Å². The Kier molecular flexibility index (Phi) is 4.58. The summed E-state index contributed by atoms with van der Waals surface area (Å²) >= 11 is 1.53. The summed E-state index contributed by atoms with van der Waals surface area (Å²) in [7, 11) is 0. The van der Waals surface area contributed by atoms with Gasteiger partial charge in [-0.2, -0.15) is 0 Å². The zero-order valence-corrected chi connectivity index (χ0v) is 15.1. The maximum Gasteiger partial charge on any atom is 0.187 e. The number of rotatable bonds is 4. The number of carbonyl (C=O) groups excluding carboxylic acids is 1. The molecular weight excluding hydrogens is 348 g/mol. The maximum atomic E-state index is 11.3. The van der Waals surface area contributed by atoms with Crippen molar-refractivity contribution in [2.45, 2.75) is 13.3 Å². The molecule has 5 nitrogen and oxygen atoms in total. The van der Waals surface area contributed by atoms with E-state index >= 15 is 0 Å². The minimum Gasteiger partial charge on any atom is -0.490 e. The zero-order chi connectivity index (χ0) is 17.9. The van der Waals surface area contributed by atoms with Crippen molar-refractivity contribution in [1.82, 2.24) is 4.98 Å². The van der Waals surface area contributed by atoms with Crippen LogP contribution in [-0.4, -0.2) is 24.0 Å². The summed E-state index contributed by atoms with van der Waals surface area (Å²) in [6.07, 6.45) is 0.886. The van der Waals surface area contributed by atoms with E-state index in [0.29, 0.717) is 18.8 Å². The lowest BCUT2D eigenvalue weighted by atomic mass is 10.1. The monoisotopic (exact) mass is 366 g/mol. The topological polar surface area (TPSA) is 60.5 Å². The second kappa shape index (κ2) is 7.17. The number of ether oxygens (including phenoxy) is 2. The van der Waals surface area contributed by atoms with Gasteiger partial charge in [0.1, 0.15) is 0 Å². The fraction of sp³-hybridized carbons (Fsp3) is 0.200. The molecule has 0 spiro atoms. The molecule has 0 amide bonds. The molecule has 1 aromatic heterocycles. The highest BCUT2D eigenvalue weighted by molar-refractivity contribution is 7.14. The van der Waals surface area contributed by atoms with Crippen LogP contribution in [0.1, 0.15) is 23.7 Å². The van der Waals surface area contributed by atoms with Gasteiger partial charge in [0.25, 0.3) is 0 Å². The molecule has 0 bridgehead atoms. The van der Waals surface area contributed by atoms with Crippen LogP contribution >= 0.6 is 11.3 Å². The van der Waals surface area contributed by atoms with Crippen molar-refractivity contribution in [2.75, 3.05) is 18.5 Å². The van der Waals surface area contributed by atoms with Gasteiger partial charge in [0, 0.05) is 28.6 Å². The Morgan fingerprint density at radius 1 is 1.08 bits per heavy atom. The number of benzene rings is 2. The number of hydrogen-bond acceptors (Lipinski definition) is 6. The van der Waals surface area contributed by atoms with Gasteiger partial charge in [-0.3, -0.25) is 4.79 Å². The SMILES string of the molecule is CC(=O)c1ccc(Nc2nc(-c3ccc4c(c3)OCCCO4)cs2)cc1. The number of anilines is 2. The average Bonchev–Trinajstić information content (AvgIpc) is 2.98. The van der Waals surface area contributed by atoms with Gasteiger partial charge in [0.2, 0.25) is 0 Å². The first-order chi connectivity index (χ1) is 12.7. The Bertz CT molecular complexity index is 934. The fourth-order valence-electron chi connectivity index (χ4n) is 2.70. The molecule has 2 heterocycles. The summed E-state index contributed by atoms with van der Waals surface area (Å²) < 4.78 is 11.4. The third-order valence-electron chi connectivity index (χ3n) is 4.09. The number of fused-ring (bicyclic) bond motifs is 1. The van der Waals surface area contributed by atoms with Crippen LogP contribution in [0.5, 0.6) is 11.5 Å². The number of thiazole rings is 1. The van der Waals surface area contributed by atoms with E-state index in [-0.39, 0.29) is 5.78 Å². The van der Waals surface area contributed by atoms with Crippen LogP contribution in [-0.2, 0) is 0 Å². The van der Waals surface area contributed by atoms with Gasteiger partial charge in [-0.25, -0.2) is 4.98 Å². The third-order valence-corrected chi connectivity index (χ3v) is 4.85. The van der Waals surface area contributed by atoms with Crippen LogP contribution in [0, 0.1) is 0 Å². The Hall–Kier alpha value is -2.86. The van der Waals surface area contributed by atoms with E-state index in [1.807, 2.05) is 47.8 Å². The highest BCUT2D eigenvalue weighted by Gasteiger charge is 2.13. The van der Waals surface area contributed by atoms with Crippen LogP contribution in [0.15, 0.2) is 47.8 Å². The lowest BCUT2D eigenvalue weighted by Gasteiger charge is -2.08. The van der Waals surface area contributed by atoms with Crippen molar-refractivity contribution >= 4 is 27.9 Å². The molecule has 132 valence electrons. The molecule has 26 heavy (non-hydrogen) atoms. The van der Waals surface area contributed by atoms with Crippen molar-refractivity contribution < 1.29 is 14.3 Å². The molecule has 0 atom stereocenters. The van der Waals surface area contributed by atoms with Crippen molar-refractivity contribution in [3.05, 3.63) is 53.4 Å². The Balaban J connectivity index is 1.52. The molecule has 4 rings (SSSR count). The molecule has 1 N–H and O–H groups in total. The first-order valence-corrected chi connectivity index (χ1v) is 9.30. The summed E-state index contributed by atoms with van der Waals surface area (Å²) in [5.74, 6) is 1.61. The molecule has 0 fully saturated rings. The summed E-state index contributed by atoms with van der Waals surface area (Å²) in [4.78, 5) is 16.0. The van der Waals surface area contributed by atoms with Crippen LogP contribution in [0.2, 0.25) is 0 Å². The van der Waals surface area contributed by atoms with Gasteiger partial charge in [-0.05, 0) is 49.4 Å². The van der Waals surface area contributed by atoms with Crippen LogP contribution in [0.4, 0.5) is 10.8 Å². The van der Waals surface area contributed by atoms with E-state index in [9.17, 15) is 4.79 Å². The number of carbonyl (C=O) groups is 1. The largest absolute Gasteiger partial charge is 0.490 e. The molecule has 6 heteroatoms. The van der Waals surface area contributed by atoms with Crippen molar-refractivity contribution in [3.63, 3.8) is 0 Å². The molecule has 1 aliphatic rings. The number of ketones is 1. The number of nitrogens with zero attached hydrogens (tertiary/aromatic N) is 1. The fourth-order valence-corrected chi connectivity index (χ4v) is 3.44. The Labute approximate surface area is 155 Å². The van der Waals surface area contributed by atoms with Crippen LogP contribution in [0.3, 0.4) is 0 Å². The zero-order valence-electron chi connectivity index (χ0n) is 14.3. The van der Waals surface area contributed by atoms with Gasteiger partial charge in [0.15, 0.2) is 22.4 Å². The quantitative estimate of drug-likeness (QED) is 0.664. The minimum absolute atomic E-state index is 0.0579. The molecule has 0 unspecified atom stereocenters. The standard InChI is InChI=1S/C20H18N2O3S/c1-13(23)14-3-6-16(7-4-14)21-20-22-17(12-26-20)15-5-8-18-19(11-15)25-10-2-9-24-18/h3-8,11-12H,2,9-10H2,1H3,(H,21,22). The lowest BCUT2D eigenvalue weighted by Crippen LogP contribution is -1.97. The molecule has 3 aromatic rings. The van der Waals surface area contributed by atoms with E-state index in [0.717, 1.165) is 40.0 Å². The molecule has 0 radical (unpaired) electrons. The molecule has 0 saturated heterocycles. The smallest absolute Gasteiger partial charge is 0.187 e. The molecule has 0 saturated carbocycles. The number of hydrogen-bond donors (Lipinski definition) is 1.